The van der Waals surface area contributed by atoms with Crippen molar-refractivity contribution in [1.29, 1.82) is 0 Å². The van der Waals surface area contributed by atoms with E-state index in [1.54, 1.807) is 20.8 Å². The second-order valence-corrected chi connectivity index (χ2v) is 5.00. The molecule has 0 saturated heterocycles. The van der Waals surface area contributed by atoms with Gasteiger partial charge in [0.25, 0.3) is 0 Å². The molecule has 0 radical (unpaired) electrons. The molecule has 0 spiro atoms. The molecule has 0 rings (SSSR count). The Morgan fingerprint density at radius 3 is 2.27 bits per heavy atom. The summed E-state index contributed by atoms with van der Waals surface area (Å²) in [7, 11) is 0. The lowest BCUT2D eigenvalue weighted by Gasteiger charge is -2.24. The fourth-order valence-electron chi connectivity index (χ4n) is 1.16. The first kappa shape index (κ1) is 13.9. The summed E-state index contributed by atoms with van der Waals surface area (Å²) in [5.74, 6) is -0.0433. The van der Waals surface area contributed by atoms with Crippen molar-refractivity contribution in [3.8, 4) is 0 Å². The van der Waals surface area contributed by atoms with E-state index in [9.17, 15) is 9.59 Å². The Morgan fingerprint density at radius 1 is 1.40 bits per heavy atom. The van der Waals surface area contributed by atoms with E-state index in [1.807, 2.05) is 13.8 Å². The molecule has 4 heteroatoms. The Bertz CT molecular complexity index is 218. The van der Waals surface area contributed by atoms with Crippen molar-refractivity contribution in [2.24, 2.45) is 5.92 Å². The van der Waals surface area contributed by atoms with Gasteiger partial charge in [0.15, 0.2) is 0 Å². The van der Waals surface area contributed by atoms with Crippen LogP contribution in [0.3, 0.4) is 0 Å². The maximum atomic E-state index is 11.6. The predicted octanol–water partition coefficient (Wildman–Crippen LogP) is 1.49. The van der Waals surface area contributed by atoms with E-state index in [4.69, 9.17) is 4.74 Å². The highest BCUT2D eigenvalue weighted by atomic mass is 16.6. The predicted molar refractivity (Wildman–Crippen MR) is 58.3 cm³/mol. The van der Waals surface area contributed by atoms with Gasteiger partial charge < -0.3 is 10.1 Å². The monoisotopic (exact) mass is 215 g/mol. The molecule has 0 aliphatic rings. The Morgan fingerprint density at radius 2 is 1.93 bits per heavy atom. The van der Waals surface area contributed by atoms with Crippen molar-refractivity contribution in [2.75, 3.05) is 0 Å². The molecule has 0 saturated carbocycles. The van der Waals surface area contributed by atoms with E-state index in [-0.39, 0.29) is 5.97 Å². The molecular formula is C11H21NO3. The highest BCUT2D eigenvalue weighted by Gasteiger charge is 2.25. The van der Waals surface area contributed by atoms with Crippen molar-refractivity contribution in [3.63, 3.8) is 0 Å². The van der Waals surface area contributed by atoms with Crippen LogP contribution >= 0.6 is 0 Å². The summed E-state index contributed by atoms with van der Waals surface area (Å²) in [6.45, 7) is 9.39. The summed E-state index contributed by atoms with van der Waals surface area (Å²) in [6.07, 6.45) is 1.13. The average molecular weight is 215 g/mol. The zero-order chi connectivity index (χ0) is 12.1. The SMILES string of the molecule is CC(C)C[C@@H](NC=O)C(=O)OC(C)(C)C. The summed E-state index contributed by atoms with van der Waals surface area (Å²) in [4.78, 5) is 22.0. The van der Waals surface area contributed by atoms with Gasteiger partial charge in [-0.1, -0.05) is 13.8 Å². The highest BCUT2D eigenvalue weighted by Crippen LogP contribution is 2.12. The number of hydrogen-bond acceptors (Lipinski definition) is 3. The van der Waals surface area contributed by atoms with Crippen LogP contribution < -0.4 is 5.32 Å². The molecule has 1 atom stereocenters. The van der Waals surface area contributed by atoms with Crippen LogP contribution in [0.25, 0.3) is 0 Å². The minimum Gasteiger partial charge on any atom is -0.458 e. The van der Waals surface area contributed by atoms with Gasteiger partial charge in [-0.05, 0) is 33.1 Å². The molecule has 15 heavy (non-hydrogen) atoms. The van der Waals surface area contributed by atoms with Gasteiger partial charge in [-0.3, -0.25) is 4.79 Å². The van der Waals surface area contributed by atoms with Gasteiger partial charge in [0.1, 0.15) is 11.6 Å². The summed E-state index contributed by atoms with van der Waals surface area (Å²) in [6, 6.07) is -0.540. The van der Waals surface area contributed by atoms with Crippen LogP contribution in [0.5, 0.6) is 0 Å². The molecule has 0 aromatic carbocycles. The average Bonchev–Trinajstić information content (AvgIpc) is 1.99. The third kappa shape index (κ3) is 6.94. The quantitative estimate of drug-likeness (QED) is 0.558. The van der Waals surface area contributed by atoms with Crippen LogP contribution in [0.2, 0.25) is 0 Å². The van der Waals surface area contributed by atoms with E-state index in [1.165, 1.54) is 0 Å². The molecule has 0 aliphatic heterocycles. The number of carbonyl (C=O) groups excluding carboxylic acids is 2. The maximum Gasteiger partial charge on any atom is 0.329 e. The first-order valence-electron chi connectivity index (χ1n) is 5.19. The zero-order valence-corrected chi connectivity index (χ0v) is 10.2. The van der Waals surface area contributed by atoms with Crippen molar-refractivity contribution >= 4 is 12.4 Å². The van der Waals surface area contributed by atoms with Crippen molar-refractivity contribution in [2.45, 2.75) is 52.7 Å². The fraction of sp³-hybridized carbons (Fsp3) is 0.818. The molecule has 4 nitrogen and oxygen atoms in total. The highest BCUT2D eigenvalue weighted by molar-refractivity contribution is 5.78. The minimum absolute atomic E-state index is 0.329. The second kappa shape index (κ2) is 5.73. The number of hydrogen-bond donors (Lipinski definition) is 1. The maximum absolute atomic E-state index is 11.6. The van der Waals surface area contributed by atoms with Gasteiger partial charge in [-0.2, -0.15) is 0 Å². The molecule has 1 N–H and O–H groups in total. The van der Waals surface area contributed by atoms with Gasteiger partial charge in [-0.25, -0.2) is 4.79 Å². The Balaban J connectivity index is 4.35. The summed E-state index contributed by atoms with van der Waals surface area (Å²) in [5, 5.41) is 2.48. The molecule has 0 bridgehead atoms. The largest absolute Gasteiger partial charge is 0.458 e. The third-order valence-corrected chi connectivity index (χ3v) is 1.67. The first-order valence-corrected chi connectivity index (χ1v) is 5.19. The standard InChI is InChI=1S/C11H21NO3/c1-8(2)6-9(12-7-13)10(14)15-11(3,4)5/h7-9H,6H2,1-5H3,(H,12,13)/t9-/m1/s1. The lowest BCUT2D eigenvalue weighted by Crippen LogP contribution is -2.41. The van der Waals surface area contributed by atoms with Crippen molar-refractivity contribution in [3.05, 3.63) is 0 Å². The molecular weight excluding hydrogens is 194 g/mol. The van der Waals surface area contributed by atoms with Crippen molar-refractivity contribution < 1.29 is 14.3 Å². The van der Waals surface area contributed by atoms with Crippen LogP contribution in [-0.4, -0.2) is 24.0 Å². The van der Waals surface area contributed by atoms with Gasteiger partial charge in [0, 0.05) is 0 Å². The third-order valence-electron chi connectivity index (χ3n) is 1.67. The molecule has 0 heterocycles. The Labute approximate surface area is 91.4 Å². The number of esters is 1. The van der Waals surface area contributed by atoms with Crippen LogP contribution in [0, 0.1) is 5.92 Å². The number of nitrogens with one attached hydrogen (secondary N) is 1. The van der Waals surface area contributed by atoms with Crippen LogP contribution in [0.15, 0.2) is 0 Å². The van der Waals surface area contributed by atoms with E-state index in [2.05, 4.69) is 5.32 Å². The number of rotatable bonds is 5. The van der Waals surface area contributed by atoms with Gasteiger partial charge in [0.05, 0.1) is 0 Å². The number of amides is 1. The topological polar surface area (TPSA) is 55.4 Å². The van der Waals surface area contributed by atoms with Gasteiger partial charge >= 0.3 is 5.97 Å². The smallest absolute Gasteiger partial charge is 0.329 e. The van der Waals surface area contributed by atoms with Crippen LogP contribution in [0.1, 0.15) is 41.0 Å². The zero-order valence-electron chi connectivity index (χ0n) is 10.2. The first-order chi connectivity index (χ1) is 6.76. The summed E-state index contributed by atoms with van der Waals surface area (Å²) in [5.41, 5.74) is -0.517. The number of ether oxygens (including phenoxy) is 1. The Kier molecular flexibility index (Phi) is 5.33. The molecule has 0 aromatic heterocycles. The second-order valence-electron chi connectivity index (χ2n) is 5.00. The van der Waals surface area contributed by atoms with E-state index in [0.717, 1.165) is 0 Å². The van der Waals surface area contributed by atoms with Gasteiger partial charge in [-0.15, -0.1) is 0 Å². The summed E-state index contributed by atoms with van der Waals surface area (Å²) < 4.78 is 5.19. The fourth-order valence-corrected chi connectivity index (χ4v) is 1.16. The summed E-state index contributed by atoms with van der Waals surface area (Å²) >= 11 is 0. The van der Waals surface area contributed by atoms with Gasteiger partial charge in [0.2, 0.25) is 6.41 Å². The van der Waals surface area contributed by atoms with Crippen LogP contribution in [0.4, 0.5) is 0 Å². The lowest BCUT2D eigenvalue weighted by molar-refractivity contribution is -0.158. The molecule has 0 fully saturated rings. The number of carbonyl (C=O) groups is 2. The van der Waals surface area contributed by atoms with E-state index < -0.39 is 11.6 Å². The normalized spacial score (nSPS) is 13.5. The Hall–Kier alpha value is -1.06. The molecule has 1 amide bonds. The van der Waals surface area contributed by atoms with Crippen molar-refractivity contribution in [1.82, 2.24) is 5.32 Å². The van der Waals surface area contributed by atoms with Crippen LogP contribution in [-0.2, 0) is 14.3 Å². The lowest BCUT2D eigenvalue weighted by atomic mass is 10.0. The van der Waals surface area contributed by atoms with E-state index >= 15 is 0 Å². The molecule has 0 unspecified atom stereocenters. The van der Waals surface area contributed by atoms with E-state index in [0.29, 0.717) is 18.7 Å². The minimum atomic E-state index is -0.540. The molecule has 88 valence electrons. The molecule has 0 aromatic rings. The molecule has 0 aliphatic carbocycles.